The first kappa shape index (κ1) is 9.21. The lowest BCUT2D eigenvalue weighted by atomic mass is 10.2. The molecule has 0 amide bonds. The molecule has 0 radical (unpaired) electrons. The second-order valence-corrected chi connectivity index (χ2v) is 4.24. The molecule has 0 saturated carbocycles. The molecule has 2 aromatic rings. The quantitative estimate of drug-likeness (QED) is 0.706. The van der Waals surface area contributed by atoms with E-state index in [1.807, 2.05) is 25.1 Å². The second kappa shape index (κ2) is 3.42. The van der Waals surface area contributed by atoms with E-state index in [2.05, 4.69) is 0 Å². The van der Waals surface area contributed by atoms with E-state index in [9.17, 15) is 4.79 Å². The number of hydrogen-bond acceptors (Lipinski definition) is 3. The van der Waals surface area contributed by atoms with Crippen molar-refractivity contribution in [3.8, 4) is 5.75 Å². The molecule has 0 aliphatic carbocycles. The van der Waals surface area contributed by atoms with E-state index in [4.69, 9.17) is 4.74 Å². The highest BCUT2D eigenvalue weighted by Crippen LogP contribution is 2.30. The number of carbonyl (C=O) groups excluding carboxylic acids is 1. The van der Waals surface area contributed by atoms with Gasteiger partial charge in [-0.3, -0.25) is 4.79 Å². The van der Waals surface area contributed by atoms with Gasteiger partial charge in [0.05, 0.1) is 12.0 Å². The highest BCUT2D eigenvalue weighted by Gasteiger charge is 2.05. The van der Waals surface area contributed by atoms with Crippen molar-refractivity contribution in [3.05, 3.63) is 28.6 Å². The zero-order valence-corrected chi connectivity index (χ0v) is 8.85. The first-order valence-electron chi connectivity index (χ1n) is 4.28. The molecule has 0 bridgehead atoms. The van der Waals surface area contributed by atoms with Gasteiger partial charge in [-0.05, 0) is 36.1 Å². The van der Waals surface area contributed by atoms with E-state index >= 15 is 0 Å². The van der Waals surface area contributed by atoms with Crippen molar-refractivity contribution in [1.82, 2.24) is 0 Å². The number of thiophene rings is 1. The van der Waals surface area contributed by atoms with Crippen LogP contribution in [-0.4, -0.2) is 13.4 Å². The van der Waals surface area contributed by atoms with E-state index in [0.717, 1.165) is 32.6 Å². The summed E-state index contributed by atoms with van der Waals surface area (Å²) in [7, 11) is 1.65. The van der Waals surface area contributed by atoms with Crippen LogP contribution in [0.3, 0.4) is 0 Å². The van der Waals surface area contributed by atoms with Crippen molar-refractivity contribution >= 4 is 27.7 Å². The summed E-state index contributed by atoms with van der Waals surface area (Å²) >= 11 is 1.51. The van der Waals surface area contributed by atoms with Crippen LogP contribution in [0.5, 0.6) is 5.75 Å². The van der Waals surface area contributed by atoms with Gasteiger partial charge >= 0.3 is 0 Å². The van der Waals surface area contributed by atoms with Crippen LogP contribution in [0, 0.1) is 6.92 Å². The van der Waals surface area contributed by atoms with E-state index in [0.29, 0.717) is 0 Å². The average molecular weight is 206 g/mol. The molecule has 72 valence electrons. The van der Waals surface area contributed by atoms with Gasteiger partial charge in [-0.15, -0.1) is 11.3 Å². The Labute approximate surface area is 86.1 Å². The van der Waals surface area contributed by atoms with Crippen LogP contribution in [0.4, 0.5) is 0 Å². The molecule has 1 aromatic carbocycles. The molecule has 2 nitrogen and oxygen atoms in total. The van der Waals surface area contributed by atoms with E-state index in [1.165, 1.54) is 11.3 Å². The van der Waals surface area contributed by atoms with Crippen LogP contribution in [0.1, 0.15) is 15.2 Å². The minimum Gasteiger partial charge on any atom is -0.496 e. The lowest BCUT2D eigenvalue weighted by Gasteiger charge is -2.03. The van der Waals surface area contributed by atoms with Crippen molar-refractivity contribution in [1.29, 1.82) is 0 Å². The number of methoxy groups -OCH3 is 1. The molecular weight excluding hydrogens is 196 g/mol. The van der Waals surface area contributed by atoms with Gasteiger partial charge in [0.25, 0.3) is 0 Å². The van der Waals surface area contributed by atoms with Crippen molar-refractivity contribution < 1.29 is 9.53 Å². The summed E-state index contributed by atoms with van der Waals surface area (Å²) in [5.74, 6) is 0.868. The molecule has 0 spiro atoms. The van der Waals surface area contributed by atoms with Gasteiger partial charge in [0.1, 0.15) is 5.75 Å². The SMILES string of the molecule is COc1cc2cc(C=O)sc2cc1C. The van der Waals surface area contributed by atoms with Gasteiger partial charge in [-0.2, -0.15) is 0 Å². The van der Waals surface area contributed by atoms with Gasteiger partial charge in [-0.25, -0.2) is 0 Å². The third-order valence-electron chi connectivity index (χ3n) is 2.17. The van der Waals surface area contributed by atoms with Gasteiger partial charge in [0, 0.05) is 4.70 Å². The molecular formula is C11H10O2S. The molecule has 0 saturated heterocycles. The van der Waals surface area contributed by atoms with E-state index < -0.39 is 0 Å². The Morgan fingerprint density at radius 3 is 2.79 bits per heavy atom. The Kier molecular flexibility index (Phi) is 2.25. The summed E-state index contributed by atoms with van der Waals surface area (Å²) < 4.78 is 6.34. The summed E-state index contributed by atoms with van der Waals surface area (Å²) in [4.78, 5) is 11.4. The number of ether oxygens (including phenoxy) is 1. The predicted octanol–water partition coefficient (Wildman–Crippen LogP) is 3.03. The summed E-state index contributed by atoms with van der Waals surface area (Å²) in [6, 6.07) is 5.90. The lowest BCUT2D eigenvalue weighted by Crippen LogP contribution is -1.85. The lowest BCUT2D eigenvalue weighted by molar-refractivity contribution is 0.112. The number of aryl methyl sites for hydroxylation is 1. The zero-order chi connectivity index (χ0) is 10.1. The minimum atomic E-state index is 0.757. The van der Waals surface area contributed by atoms with Crippen molar-refractivity contribution in [2.45, 2.75) is 6.92 Å². The van der Waals surface area contributed by atoms with Crippen LogP contribution >= 0.6 is 11.3 Å². The van der Waals surface area contributed by atoms with E-state index in [1.54, 1.807) is 7.11 Å². The molecule has 0 aliphatic heterocycles. The maximum Gasteiger partial charge on any atom is 0.160 e. The Balaban J connectivity index is 2.69. The first-order valence-corrected chi connectivity index (χ1v) is 5.09. The van der Waals surface area contributed by atoms with Gasteiger partial charge in [0.15, 0.2) is 6.29 Å². The van der Waals surface area contributed by atoms with Crippen LogP contribution in [-0.2, 0) is 0 Å². The summed E-state index contributed by atoms with van der Waals surface area (Å²) in [6.07, 6.45) is 0.881. The van der Waals surface area contributed by atoms with Crippen LogP contribution in [0.2, 0.25) is 0 Å². The van der Waals surface area contributed by atoms with Gasteiger partial charge in [0.2, 0.25) is 0 Å². The molecule has 0 N–H and O–H groups in total. The first-order chi connectivity index (χ1) is 6.74. The fourth-order valence-corrected chi connectivity index (χ4v) is 2.43. The standard InChI is InChI=1S/C11H10O2S/c1-7-3-11-8(5-10(7)13-2)4-9(6-12)14-11/h3-6H,1-2H3. The largest absolute Gasteiger partial charge is 0.496 e. The van der Waals surface area contributed by atoms with Crippen LogP contribution < -0.4 is 4.74 Å². The maximum atomic E-state index is 10.6. The Hall–Kier alpha value is -1.35. The number of hydrogen-bond donors (Lipinski definition) is 0. The second-order valence-electron chi connectivity index (χ2n) is 3.13. The summed E-state index contributed by atoms with van der Waals surface area (Å²) in [5.41, 5.74) is 1.10. The smallest absolute Gasteiger partial charge is 0.160 e. The Morgan fingerprint density at radius 1 is 1.36 bits per heavy atom. The highest BCUT2D eigenvalue weighted by molar-refractivity contribution is 7.20. The molecule has 0 aliphatic rings. The monoisotopic (exact) mass is 206 g/mol. The number of fused-ring (bicyclic) bond motifs is 1. The van der Waals surface area contributed by atoms with Gasteiger partial charge in [-0.1, -0.05) is 0 Å². The zero-order valence-electron chi connectivity index (χ0n) is 8.03. The van der Waals surface area contributed by atoms with E-state index in [-0.39, 0.29) is 0 Å². The molecule has 3 heteroatoms. The van der Waals surface area contributed by atoms with Crippen LogP contribution in [0.25, 0.3) is 10.1 Å². The fourth-order valence-electron chi connectivity index (χ4n) is 1.47. The highest BCUT2D eigenvalue weighted by atomic mass is 32.1. The van der Waals surface area contributed by atoms with Gasteiger partial charge < -0.3 is 4.74 Å². The third-order valence-corrected chi connectivity index (χ3v) is 3.19. The molecule has 2 rings (SSSR count). The number of aldehydes is 1. The molecule has 14 heavy (non-hydrogen) atoms. The predicted molar refractivity (Wildman–Crippen MR) is 58.5 cm³/mol. The molecule has 0 fully saturated rings. The maximum absolute atomic E-state index is 10.6. The molecule has 0 atom stereocenters. The van der Waals surface area contributed by atoms with Crippen molar-refractivity contribution in [2.75, 3.05) is 7.11 Å². The molecule has 1 aromatic heterocycles. The third kappa shape index (κ3) is 1.40. The average Bonchev–Trinajstić information content (AvgIpc) is 2.58. The van der Waals surface area contributed by atoms with Crippen LogP contribution in [0.15, 0.2) is 18.2 Å². The minimum absolute atomic E-state index is 0.757. The Bertz CT molecular complexity index is 485. The summed E-state index contributed by atoms with van der Waals surface area (Å²) in [5, 5.41) is 1.07. The Morgan fingerprint density at radius 2 is 2.14 bits per heavy atom. The van der Waals surface area contributed by atoms with Crippen molar-refractivity contribution in [3.63, 3.8) is 0 Å². The number of carbonyl (C=O) groups is 1. The molecule has 0 unspecified atom stereocenters. The normalized spacial score (nSPS) is 10.4. The number of rotatable bonds is 2. The topological polar surface area (TPSA) is 26.3 Å². The fraction of sp³-hybridized carbons (Fsp3) is 0.182. The summed E-state index contributed by atoms with van der Waals surface area (Å²) in [6.45, 7) is 2.00. The number of benzene rings is 1. The molecule has 1 heterocycles. The van der Waals surface area contributed by atoms with Crippen molar-refractivity contribution in [2.24, 2.45) is 0 Å².